The molecule has 0 aliphatic heterocycles. The second-order valence-corrected chi connectivity index (χ2v) is 3.28. The molecule has 0 aliphatic rings. The van der Waals surface area contributed by atoms with Gasteiger partial charge in [-0.25, -0.2) is 4.79 Å². The topological polar surface area (TPSA) is 48.4 Å². The molecule has 1 unspecified atom stereocenters. The van der Waals surface area contributed by atoms with E-state index in [0.717, 1.165) is 5.69 Å². The average molecular weight is 223 g/mol. The Morgan fingerprint density at radius 2 is 2.25 bits per heavy atom. The van der Waals surface area contributed by atoms with Gasteiger partial charge in [-0.3, -0.25) is 4.98 Å². The first kappa shape index (κ1) is 12.6. The average Bonchev–Trinajstić information content (AvgIpc) is 2.31. The van der Waals surface area contributed by atoms with Gasteiger partial charge in [0.15, 0.2) is 6.10 Å². The Bertz CT molecular complexity index is 313. The zero-order chi connectivity index (χ0) is 11.8. The van der Waals surface area contributed by atoms with Crippen molar-refractivity contribution in [2.75, 3.05) is 6.61 Å². The summed E-state index contributed by atoms with van der Waals surface area (Å²) in [6.45, 7) is 4.38. The van der Waals surface area contributed by atoms with Gasteiger partial charge in [-0.05, 0) is 25.5 Å². The van der Waals surface area contributed by atoms with Crippen LogP contribution in [0.1, 0.15) is 26.0 Å². The molecule has 1 heterocycles. The third kappa shape index (κ3) is 3.98. The fourth-order valence-electron chi connectivity index (χ4n) is 1.26. The number of ether oxygens (including phenoxy) is 2. The lowest BCUT2D eigenvalue weighted by atomic mass is 10.3. The van der Waals surface area contributed by atoms with Crippen LogP contribution in [0.3, 0.4) is 0 Å². The molecule has 0 saturated carbocycles. The van der Waals surface area contributed by atoms with Gasteiger partial charge < -0.3 is 9.47 Å². The quantitative estimate of drug-likeness (QED) is 0.691. The predicted octanol–water partition coefficient (Wildman–Crippen LogP) is 1.94. The molecule has 1 rings (SSSR count). The van der Waals surface area contributed by atoms with Crippen molar-refractivity contribution in [2.45, 2.75) is 33.0 Å². The zero-order valence-electron chi connectivity index (χ0n) is 9.68. The SMILES string of the molecule is CCOC(=O)C(CC)OCc1ccccn1. The molecule has 0 bridgehead atoms. The molecule has 16 heavy (non-hydrogen) atoms. The number of hydrogen-bond donors (Lipinski definition) is 0. The third-order valence-corrected chi connectivity index (χ3v) is 2.08. The highest BCUT2D eigenvalue weighted by Gasteiger charge is 2.18. The van der Waals surface area contributed by atoms with Crippen LogP contribution >= 0.6 is 0 Å². The van der Waals surface area contributed by atoms with E-state index in [1.54, 1.807) is 13.1 Å². The van der Waals surface area contributed by atoms with E-state index in [4.69, 9.17) is 9.47 Å². The number of rotatable bonds is 6. The van der Waals surface area contributed by atoms with Crippen molar-refractivity contribution < 1.29 is 14.3 Å². The second-order valence-electron chi connectivity index (χ2n) is 3.28. The summed E-state index contributed by atoms with van der Waals surface area (Å²) in [5.74, 6) is -0.305. The highest BCUT2D eigenvalue weighted by atomic mass is 16.6. The molecular formula is C12H17NO3. The van der Waals surface area contributed by atoms with E-state index >= 15 is 0 Å². The summed E-state index contributed by atoms with van der Waals surface area (Å²) < 4.78 is 10.4. The number of nitrogens with zero attached hydrogens (tertiary/aromatic N) is 1. The van der Waals surface area contributed by atoms with Gasteiger partial charge >= 0.3 is 5.97 Å². The Balaban J connectivity index is 2.43. The Kier molecular flexibility index (Phi) is 5.50. The first-order chi connectivity index (χ1) is 7.77. The molecule has 0 spiro atoms. The van der Waals surface area contributed by atoms with Crippen LogP contribution in [-0.2, 0) is 20.9 Å². The minimum Gasteiger partial charge on any atom is -0.464 e. The Labute approximate surface area is 95.6 Å². The van der Waals surface area contributed by atoms with Gasteiger partial charge in [-0.2, -0.15) is 0 Å². The fraction of sp³-hybridized carbons (Fsp3) is 0.500. The van der Waals surface area contributed by atoms with Crippen LogP contribution in [0.15, 0.2) is 24.4 Å². The Hall–Kier alpha value is -1.42. The Morgan fingerprint density at radius 3 is 2.81 bits per heavy atom. The van der Waals surface area contributed by atoms with E-state index in [-0.39, 0.29) is 5.97 Å². The molecule has 0 fully saturated rings. The fourth-order valence-corrected chi connectivity index (χ4v) is 1.26. The van der Waals surface area contributed by atoms with Crippen molar-refractivity contribution in [3.8, 4) is 0 Å². The standard InChI is InChI=1S/C12H17NO3/c1-3-11(12(14)15-4-2)16-9-10-7-5-6-8-13-10/h5-8,11H,3-4,9H2,1-2H3. The largest absolute Gasteiger partial charge is 0.464 e. The molecule has 4 nitrogen and oxygen atoms in total. The van der Waals surface area contributed by atoms with E-state index in [9.17, 15) is 4.79 Å². The summed E-state index contributed by atoms with van der Waals surface area (Å²) in [5, 5.41) is 0. The van der Waals surface area contributed by atoms with Crippen molar-refractivity contribution >= 4 is 5.97 Å². The summed E-state index contributed by atoms with van der Waals surface area (Å²) in [6, 6.07) is 5.58. The molecule has 0 aromatic carbocycles. The second kappa shape index (κ2) is 6.95. The normalized spacial score (nSPS) is 12.1. The monoisotopic (exact) mass is 223 g/mol. The maximum absolute atomic E-state index is 11.4. The van der Waals surface area contributed by atoms with Crippen molar-refractivity contribution in [3.05, 3.63) is 30.1 Å². The number of carbonyl (C=O) groups excluding carboxylic acids is 1. The molecule has 1 aromatic rings. The molecule has 4 heteroatoms. The van der Waals surface area contributed by atoms with E-state index in [2.05, 4.69) is 4.98 Å². The van der Waals surface area contributed by atoms with Gasteiger partial charge in [0.1, 0.15) is 0 Å². The molecule has 0 amide bonds. The van der Waals surface area contributed by atoms with Crippen LogP contribution in [0, 0.1) is 0 Å². The summed E-state index contributed by atoms with van der Waals surface area (Å²) in [7, 11) is 0. The number of esters is 1. The lowest BCUT2D eigenvalue weighted by molar-refractivity contribution is -0.157. The number of pyridine rings is 1. The van der Waals surface area contributed by atoms with E-state index in [1.165, 1.54) is 0 Å². The first-order valence-corrected chi connectivity index (χ1v) is 5.46. The van der Waals surface area contributed by atoms with Gasteiger partial charge in [-0.15, -0.1) is 0 Å². The predicted molar refractivity (Wildman–Crippen MR) is 59.7 cm³/mol. The highest BCUT2D eigenvalue weighted by Crippen LogP contribution is 2.05. The van der Waals surface area contributed by atoms with Gasteiger partial charge in [0.25, 0.3) is 0 Å². The van der Waals surface area contributed by atoms with Crippen LogP contribution in [0.4, 0.5) is 0 Å². The van der Waals surface area contributed by atoms with Crippen LogP contribution in [0.5, 0.6) is 0 Å². The van der Waals surface area contributed by atoms with E-state index in [0.29, 0.717) is 19.6 Å². The summed E-state index contributed by atoms with van der Waals surface area (Å²) in [6.07, 6.45) is 1.80. The van der Waals surface area contributed by atoms with Crippen LogP contribution < -0.4 is 0 Å². The zero-order valence-corrected chi connectivity index (χ0v) is 9.68. The van der Waals surface area contributed by atoms with Crippen molar-refractivity contribution in [3.63, 3.8) is 0 Å². The van der Waals surface area contributed by atoms with Crippen LogP contribution in [0.25, 0.3) is 0 Å². The molecule has 0 aliphatic carbocycles. The first-order valence-electron chi connectivity index (χ1n) is 5.46. The maximum atomic E-state index is 11.4. The van der Waals surface area contributed by atoms with Crippen molar-refractivity contribution in [1.82, 2.24) is 4.98 Å². The molecular weight excluding hydrogens is 206 g/mol. The molecule has 0 saturated heterocycles. The summed E-state index contributed by atoms with van der Waals surface area (Å²) >= 11 is 0. The minimum atomic E-state index is -0.498. The van der Waals surface area contributed by atoms with E-state index < -0.39 is 6.10 Å². The lowest BCUT2D eigenvalue weighted by Gasteiger charge is -2.14. The third-order valence-electron chi connectivity index (χ3n) is 2.08. The molecule has 1 atom stereocenters. The lowest BCUT2D eigenvalue weighted by Crippen LogP contribution is -2.25. The van der Waals surface area contributed by atoms with Crippen LogP contribution in [-0.4, -0.2) is 23.7 Å². The van der Waals surface area contributed by atoms with Crippen LogP contribution in [0.2, 0.25) is 0 Å². The van der Waals surface area contributed by atoms with Gasteiger partial charge in [0, 0.05) is 6.20 Å². The minimum absolute atomic E-state index is 0.305. The highest BCUT2D eigenvalue weighted by molar-refractivity contribution is 5.74. The van der Waals surface area contributed by atoms with Gasteiger partial charge in [0.2, 0.25) is 0 Å². The molecule has 0 radical (unpaired) electrons. The van der Waals surface area contributed by atoms with Gasteiger partial charge in [-0.1, -0.05) is 13.0 Å². The molecule has 1 aromatic heterocycles. The van der Waals surface area contributed by atoms with E-state index in [1.807, 2.05) is 25.1 Å². The van der Waals surface area contributed by atoms with Crippen molar-refractivity contribution in [1.29, 1.82) is 0 Å². The van der Waals surface area contributed by atoms with Gasteiger partial charge in [0.05, 0.1) is 18.9 Å². The summed E-state index contributed by atoms with van der Waals surface area (Å²) in [5.41, 5.74) is 0.810. The number of carbonyl (C=O) groups is 1. The number of aromatic nitrogens is 1. The number of hydrogen-bond acceptors (Lipinski definition) is 4. The summed E-state index contributed by atoms with van der Waals surface area (Å²) in [4.78, 5) is 15.5. The molecule has 0 N–H and O–H groups in total. The smallest absolute Gasteiger partial charge is 0.335 e. The molecule has 88 valence electrons. The van der Waals surface area contributed by atoms with Crippen molar-refractivity contribution in [2.24, 2.45) is 0 Å². The Morgan fingerprint density at radius 1 is 1.44 bits per heavy atom. The maximum Gasteiger partial charge on any atom is 0.335 e.